The van der Waals surface area contributed by atoms with Gasteiger partial charge in [0, 0.05) is 24.4 Å². The molecule has 31 heavy (non-hydrogen) atoms. The van der Waals surface area contributed by atoms with Crippen LogP contribution in [0.1, 0.15) is 61.2 Å². The minimum atomic E-state index is -4.39. The summed E-state index contributed by atoms with van der Waals surface area (Å²) in [6, 6.07) is 4.49. The molecule has 1 aromatic carbocycles. The van der Waals surface area contributed by atoms with E-state index in [2.05, 4.69) is 17.6 Å². The zero-order valence-electron chi connectivity index (χ0n) is 17.5. The Morgan fingerprint density at radius 2 is 1.81 bits per heavy atom. The third-order valence-corrected chi connectivity index (χ3v) is 6.11. The van der Waals surface area contributed by atoms with Crippen LogP contribution in [0.3, 0.4) is 0 Å². The lowest BCUT2D eigenvalue weighted by Crippen LogP contribution is -2.41. The maximum atomic E-state index is 12.7. The van der Waals surface area contributed by atoms with Gasteiger partial charge in [0.1, 0.15) is 17.0 Å². The Morgan fingerprint density at radius 1 is 1.19 bits per heavy atom. The molecule has 1 aliphatic rings. The first-order valence-electron chi connectivity index (χ1n) is 9.87. The molecule has 0 N–H and O–H groups in total. The van der Waals surface area contributed by atoms with Gasteiger partial charge in [0.15, 0.2) is 5.44 Å². The normalized spacial score (nSPS) is 16.8. The number of ether oxygens (including phenoxy) is 2. The topological polar surface area (TPSA) is 51.7 Å². The molecular weight excluding hydrogens is 449 g/mol. The molecule has 1 aromatic heterocycles. The molecule has 3 rings (SSSR count). The maximum absolute atomic E-state index is 12.7. The second-order valence-electron chi connectivity index (χ2n) is 8.34. The quantitative estimate of drug-likeness (QED) is 0.418. The number of halogens is 3. The fraction of sp³-hybridized carbons (Fsp3) is 0.524. The summed E-state index contributed by atoms with van der Waals surface area (Å²) in [5.74, 6) is 0.511. The molecule has 2 heterocycles. The van der Waals surface area contributed by atoms with Crippen molar-refractivity contribution >= 4 is 30.1 Å². The molecule has 5 nitrogen and oxygen atoms in total. The summed E-state index contributed by atoms with van der Waals surface area (Å²) >= 11 is 5.90. The van der Waals surface area contributed by atoms with Gasteiger partial charge < -0.3 is 14.4 Å². The maximum Gasteiger partial charge on any atom is 0.416 e. The summed E-state index contributed by atoms with van der Waals surface area (Å²) in [6.45, 7) is 6.72. The van der Waals surface area contributed by atoms with E-state index in [4.69, 9.17) is 9.47 Å². The number of hydrogen-bond acceptors (Lipinski definition) is 6. The van der Waals surface area contributed by atoms with Crippen molar-refractivity contribution in [3.05, 3.63) is 45.9 Å². The lowest BCUT2D eigenvalue weighted by Gasteiger charge is -2.32. The van der Waals surface area contributed by atoms with E-state index in [0.29, 0.717) is 18.8 Å². The lowest BCUT2D eigenvalue weighted by atomic mass is 9.98. The van der Waals surface area contributed by atoms with Crippen molar-refractivity contribution in [2.24, 2.45) is 0 Å². The van der Waals surface area contributed by atoms with Crippen LogP contribution in [0.5, 0.6) is 5.75 Å². The molecule has 1 fully saturated rings. The highest BCUT2D eigenvalue weighted by Crippen LogP contribution is 2.35. The lowest BCUT2D eigenvalue weighted by molar-refractivity contribution is -0.137. The Labute approximate surface area is 189 Å². The number of nitrogens with zero attached hydrogens (tertiary/aromatic N) is 2. The molecular formula is C21H25F3N2O3S2. The number of piperidine rings is 1. The zero-order valence-corrected chi connectivity index (χ0v) is 19.2. The molecule has 1 unspecified atom stereocenters. The standard InChI is InChI=1S/C21H25F3N2O3S2/c1-20(2,3)29-19(27)26-10-8-13(9-11-26)17-25-16(12-31-17)18(30)28-15-6-4-14(5-7-15)21(22,23)24/h4-7,12-13,18,30H,8-11H2,1-3H3. The van der Waals surface area contributed by atoms with Crippen molar-refractivity contribution in [2.75, 3.05) is 13.1 Å². The molecule has 1 amide bonds. The van der Waals surface area contributed by atoms with Crippen LogP contribution in [-0.2, 0) is 10.9 Å². The van der Waals surface area contributed by atoms with Gasteiger partial charge >= 0.3 is 12.3 Å². The van der Waals surface area contributed by atoms with Gasteiger partial charge in [-0.1, -0.05) is 0 Å². The van der Waals surface area contributed by atoms with E-state index in [1.165, 1.54) is 23.5 Å². The Balaban J connectivity index is 1.55. The molecule has 1 aliphatic heterocycles. The van der Waals surface area contributed by atoms with Gasteiger partial charge in [0.05, 0.1) is 10.6 Å². The van der Waals surface area contributed by atoms with Crippen LogP contribution in [0, 0.1) is 0 Å². The van der Waals surface area contributed by atoms with Crippen LogP contribution in [0.2, 0.25) is 0 Å². The van der Waals surface area contributed by atoms with Crippen LogP contribution < -0.4 is 4.74 Å². The fourth-order valence-electron chi connectivity index (χ4n) is 3.15. The monoisotopic (exact) mass is 474 g/mol. The van der Waals surface area contributed by atoms with Gasteiger partial charge in [-0.3, -0.25) is 0 Å². The molecule has 0 spiro atoms. The Bertz CT molecular complexity index is 887. The number of carbonyl (C=O) groups is 1. The van der Waals surface area contributed by atoms with Gasteiger partial charge in [0.25, 0.3) is 0 Å². The number of thiazole rings is 1. The number of benzene rings is 1. The summed E-state index contributed by atoms with van der Waals surface area (Å²) in [5, 5.41) is 2.78. The van der Waals surface area contributed by atoms with Crippen molar-refractivity contribution < 1.29 is 27.4 Å². The van der Waals surface area contributed by atoms with Crippen molar-refractivity contribution in [3.63, 3.8) is 0 Å². The molecule has 2 aromatic rings. The van der Waals surface area contributed by atoms with E-state index in [1.54, 1.807) is 4.90 Å². The predicted molar refractivity (Wildman–Crippen MR) is 116 cm³/mol. The van der Waals surface area contributed by atoms with Gasteiger partial charge in [-0.25, -0.2) is 9.78 Å². The number of likely N-dealkylation sites (tertiary alicyclic amines) is 1. The number of carbonyl (C=O) groups excluding carboxylic acids is 1. The largest absolute Gasteiger partial charge is 0.474 e. The average molecular weight is 475 g/mol. The van der Waals surface area contributed by atoms with Crippen LogP contribution >= 0.6 is 24.0 Å². The average Bonchev–Trinajstić information content (AvgIpc) is 3.17. The number of thiol groups is 1. The van der Waals surface area contributed by atoms with Crippen LogP contribution in [0.4, 0.5) is 18.0 Å². The summed E-state index contributed by atoms with van der Waals surface area (Å²) in [5.41, 5.74) is -1.34. The summed E-state index contributed by atoms with van der Waals surface area (Å²) in [7, 11) is 0. The molecule has 10 heteroatoms. The van der Waals surface area contributed by atoms with Crippen LogP contribution in [-0.4, -0.2) is 34.7 Å². The van der Waals surface area contributed by atoms with Gasteiger partial charge in [-0.05, 0) is 57.9 Å². The molecule has 170 valence electrons. The minimum absolute atomic E-state index is 0.226. The van der Waals surface area contributed by atoms with Crippen molar-refractivity contribution in [1.82, 2.24) is 9.88 Å². The SMILES string of the molecule is CC(C)(C)OC(=O)N1CCC(c2nc(C(S)Oc3ccc(C(F)(F)F)cc3)cs2)CC1. The third kappa shape index (κ3) is 6.52. The Morgan fingerprint density at radius 3 is 2.35 bits per heavy atom. The third-order valence-electron chi connectivity index (χ3n) is 4.72. The van der Waals surface area contributed by atoms with E-state index >= 15 is 0 Å². The van der Waals surface area contributed by atoms with E-state index in [0.717, 1.165) is 30.0 Å². The molecule has 0 radical (unpaired) electrons. The number of rotatable bonds is 4. The Kier molecular flexibility index (Phi) is 7.10. The summed E-state index contributed by atoms with van der Waals surface area (Å²) < 4.78 is 49.1. The predicted octanol–water partition coefficient (Wildman–Crippen LogP) is 6.28. The van der Waals surface area contributed by atoms with Crippen molar-refractivity contribution in [3.8, 4) is 5.75 Å². The second-order valence-corrected chi connectivity index (χ2v) is 9.70. The van der Waals surface area contributed by atoms with Crippen molar-refractivity contribution in [1.29, 1.82) is 0 Å². The highest BCUT2D eigenvalue weighted by molar-refractivity contribution is 7.80. The van der Waals surface area contributed by atoms with Gasteiger partial charge in [-0.2, -0.15) is 13.2 Å². The van der Waals surface area contributed by atoms with Crippen molar-refractivity contribution in [2.45, 2.75) is 56.7 Å². The van der Waals surface area contributed by atoms with Crippen LogP contribution in [0.15, 0.2) is 29.6 Å². The summed E-state index contributed by atoms with van der Waals surface area (Å²) in [4.78, 5) is 18.5. The smallest absolute Gasteiger partial charge is 0.416 e. The van der Waals surface area contributed by atoms with Gasteiger partial charge in [0.2, 0.25) is 0 Å². The molecule has 0 saturated carbocycles. The molecule has 0 bridgehead atoms. The highest BCUT2D eigenvalue weighted by atomic mass is 32.1. The number of amides is 1. The van der Waals surface area contributed by atoms with E-state index in [-0.39, 0.29) is 17.8 Å². The highest BCUT2D eigenvalue weighted by Gasteiger charge is 2.31. The molecule has 1 saturated heterocycles. The van der Waals surface area contributed by atoms with E-state index < -0.39 is 22.8 Å². The first-order valence-corrected chi connectivity index (χ1v) is 11.3. The number of hydrogen-bond donors (Lipinski definition) is 1. The number of alkyl halides is 3. The van der Waals surface area contributed by atoms with E-state index in [1.807, 2.05) is 26.2 Å². The first-order chi connectivity index (χ1) is 14.4. The van der Waals surface area contributed by atoms with Crippen LogP contribution in [0.25, 0.3) is 0 Å². The second kappa shape index (κ2) is 9.28. The number of aromatic nitrogens is 1. The fourth-order valence-corrected chi connectivity index (χ4v) is 4.51. The first kappa shape index (κ1) is 23.7. The minimum Gasteiger partial charge on any atom is -0.474 e. The Hall–Kier alpha value is -1.94. The molecule has 0 aliphatic carbocycles. The van der Waals surface area contributed by atoms with Gasteiger partial charge in [-0.15, -0.1) is 24.0 Å². The molecule has 1 atom stereocenters. The zero-order chi connectivity index (χ0) is 22.8. The van der Waals surface area contributed by atoms with E-state index in [9.17, 15) is 18.0 Å². The summed E-state index contributed by atoms with van der Waals surface area (Å²) in [6.07, 6.45) is -3.13.